The van der Waals surface area contributed by atoms with Crippen molar-refractivity contribution in [2.75, 3.05) is 0 Å². The van der Waals surface area contributed by atoms with Crippen molar-refractivity contribution in [3.05, 3.63) is 140 Å². The molecule has 2 aliphatic heterocycles. The number of benzene rings is 7. The van der Waals surface area contributed by atoms with Crippen molar-refractivity contribution in [1.82, 2.24) is 0 Å². The predicted molar refractivity (Wildman–Crippen MR) is 201 cm³/mol. The first-order valence-electron chi connectivity index (χ1n) is 15.9. The van der Waals surface area contributed by atoms with Gasteiger partial charge in [0, 0.05) is 56.9 Å². The third-order valence-corrected chi connectivity index (χ3v) is 12.1. The predicted octanol–water partition coefficient (Wildman–Crippen LogP) is 10.5. The Morgan fingerprint density at radius 3 is 1.38 bits per heavy atom. The average molecular weight is 635 g/mol. The highest BCUT2D eigenvalue weighted by molar-refractivity contribution is 7.26. The summed E-state index contributed by atoms with van der Waals surface area (Å²) in [6.07, 6.45) is 0. The summed E-state index contributed by atoms with van der Waals surface area (Å²) in [5, 5.41) is 5.12. The highest BCUT2D eigenvalue weighted by Crippen LogP contribution is 2.48. The second-order valence-corrected chi connectivity index (χ2v) is 14.5. The van der Waals surface area contributed by atoms with E-state index in [1.807, 2.05) is 22.7 Å². The van der Waals surface area contributed by atoms with E-state index < -0.39 is 0 Å². The minimum atomic E-state index is -0.00924. The molecule has 9 aromatic rings. The SMILES string of the molecule is c1ccc2c(c1)Oc1c(-c3ccc4sc5ccccc5c4c3)cc(-c3ccc4sc5ccccc5c4c3)c3c1B2c1ccccc1O3. The normalized spacial score (nSPS) is 13.0. The van der Waals surface area contributed by atoms with Gasteiger partial charge in [0.05, 0.1) is 0 Å². The van der Waals surface area contributed by atoms with E-state index in [-0.39, 0.29) is 6.71 Å². The molecule has 0 spiro atoms. The van der Waals surface area contributed by atoms with Gasteiger partial charge in [-0.25, -0.2) is 0 Å². The van der Waals surface area contributed by atoms with Gasteiger partial charge in [0.15, 0.2) is 0 Å². The number of hydrogen-bond acceptors (Lipinski definition) is 4. The van der Waals surface area contributed by atoms with Gasteiger partial charge in [0.25, 0.3) is 6.71 Å². The first-order chi connectivity index (χ1) is 23.3. The lowest BCUT2D eigenvalue weighted by Crippen LogP contribution is -2.57. The fourth-order valence-corrected chi connectivity index (χ4v) is 9.86. The molecule has 0 unspecified atom stereocenters. The summed E-state index contributed by atoms with van der Waals surface area (Å²) in [5.74, 6) is 3.55. The first-order valence-corrected chi connectivity index (χ1v) is 17.5. The molecule has 0 amide bonds. The fraction of sp³-hybridized carbons (Fsp3) is 0. The van der Waals surface area contributed by atoms with Crippen LogP contribution in [0.3, 0.4) is 0 Å². The zero-order valence-electron chi connectivity index (χ0n) is 25.0. The Kier molecular flexibility index (Phi) is 5.26. The third kappa shape index (κ3) is 3.67. The molecule has 7 aromatic carbocycles. The zero-order valence-corrected chi connectivity index (χ0v) is 26.6. The van der Waals surface area contributed by atoms with Gasteiger partial charge in [-0.15, -0.1) is 22.7 Å². The molecular formula is C42H23BO2S2. The van der Waals surface area contributed by atoms with Crippen LogP contribution in [0.5, 0.6) is 23.0 Å². The van der Waals surface area contributed by atoms with E-state index in [0.29, 0.717) is 0 Å². The molecule has 2 aliphatic rings. The molecule has 0 radical (unpaired) electrons. The van der Waals surface area contributed by atoms with E-state index in [9.17, 15) is 0 Å². The van der Waals surface area contributed by atoms with Gasteiger partial charge in [0.2, 0.25) is 0 Å². The Morgan fingerprint density at radius 1 is 0.404 bits per heavy atom. The lowest BCUT2D eigenvalue weighted by molar-refractivity contribution is 0.467. The molecule has 0 atom stereocenters. The van der Waals surface area contributed by atoms with Crippen LogP contribution in [0.2, 0.25) is 0 Å². The van der Waals surface area contributed by atoms with Crippen LogP contribution in [0.1, 0.15) is 0 Å². The molecule has 47 heavy (non-hydrogen) atoms. The van der Waals surface area contributed by atoms with Crippen LogP contribution in [-0.2, 0) is 0 Å². The van der Waals surface area contributed by atoms with E-state index in [1.54, 1.807) is 0 Å². The first kappa shape index (κ1) is 25.8. The number of hydrogen-bond donors (Lipinski definition) is 0. The van der Waals surface area contributed by atoms with Crippen molar-refractivity contribution in [3.63, 3.8) is 0 Å². The quantitative estimate of drug-likeness (QED) is 0.176. The van der Waals surface area contributed by atoms with Gasteiger partial charge in [-0.1, -0.05) is 84.9 Å². The molecule has 11 rings (SSSR count). The molecule has 0 saturated carbocycles. The Labute approximate surface area is 279 Å². The van der Waals surface area contributed by atoms with Crippen LogP contribution in [0.4, 0.5) is 0 Å². The molecule has 0 aliphatic carbocycles. The fourth-order valence-electron chi connectivity index (χ4n) is 7.69. The summed E-state index contributed by atoms with van der Waals surface area (Å²) in [4.78, 5) is 0. The molecule has 0 bridgehead atoms. The third-order valence-electron chi connectivity index (χ3n) is 9.82. The minimum Gasteiger partial charge on any atom is -0.458 e. The summed E-state index contributed by atoms with van der Waals surface area (Å²) in [6.45, 7) is -0.00924. The second kappa shape index (κ2) is 9.58. The van der Waals surface area contributed by atoms with Crippen molar-refractivity contribution in [2.45, 2.75) is 0 Å². The Balaban J connectivity index is 1.24. The smallest absolute Gasteiger partial charge is 0.260 e. The van der Waals surface area contributed by atoms with Crippen molar-refractivity contribution >= 4 is 86.1 Å². The van der Waals surface area contributed by atoms with Crippen LogP contribution >= 0.6 is 22.7 Å². The second-order valence-electron chi connectivity index (χ2n) is 12.4. The van der Waals surface area contributed by atoms with E-state index >= 15 is 0 Å². The van der Waals surface area contributed by atoms with Gasteiger partial charge in [-0.3, -0.25) is 0 Å². The van der Waals surface area contributed by atoms with E-state index in [2.05, 4.69) is 140 Å². The van der Waals surface area contributed by atoms with Crippen LogP contribution < -0.4 is 25.9 Å². The van der Waals surface area contributed by atoms with Gasteiger partial charge < -0.3 is 9.47 Å². The van der Waals surface area contributed by atoms with Crippen molar-refractivity contribution in [2.24, 2.45) is 0 Å². The molecular weight excluding hydrogens is 611 g/mol. The van der Waals surface area contributed by atoms with Gasteiger partial charge in [0.1, 0.15) is 23.0 Å². The van der Waals surface area contributed by atoms with Crippen molar-refractivity contribution in [1.29, 1.82) is 0 Å². The number of para-hydroxylation sites is 2. The maximum Gasteiger partial charge on any atom is 0.260 e. The molecule has 2 nitrogen and oxygen atoms in total. The van der Waals surface area contributed by atoms with Crippen LogP contribution in [-0.4, -0.2) is 6.71 Å². The van der Waals surface area contributed by atoms with Crippen molar-refractivity contribution < 1.29 is 9.47 Å². The van der Waals surface area contributed by atoms with Gasteiger partial charge in [-0.2, -0.15) is 0 Å². The standard InChI is InChI=1S/C42H23BO2S2/c1-7-15-36-26(9-1)30-21-24(17-19-38(30)46-36)28-23-29(25-18-20-39-31(22-25)27-10-2-8-16-37(27)47-39)42-40-41(28)44-34-13-5-3-11-32(34)43(40)33-12-4-6-14-35(33)45-42/h1-23H. The monoisotopic (exact) mass is 634 g/mol. The van der Waals surface area contributed by atoms with Gasteiger partial charge >= 0.3 is 0 Å². The topological polar surface area (TPSA) is 18.5 Å². The molecule has 218 valence electrons. The lowest BCUT2D eigenvalue weighted by atomic mass is 9.34. The Bertz CT molecular complexity index is 2590. The Hall–Kier alpha value is -5.36. The summed E-state index contributed by atoms with van der Waals surface area (Å²) in [5.41, 5.74) is 7.86. The number of fused-ring (bicyclic) bond motifs is 10. The maximum absolute atomic E-state index is 6.94. The highest BCUT2D eigenvalue weighted by Gasteiger charge is 2.42. The number of ether oxygens (including phenoxy) is 2. The Morgan fingerprint density at radius 2 is 0.851 bits per heavy atom. The highest BCUT2D eigenvalue weighted by atomic mass is 32.1. The summed E-state index contributed by atoms with van der Waals surface area (Å²) >= 11 is 3.69. The molecule has 0 saturated heterocycles. The van der Waals surface area contributed by atoms with Crippen LogP contribution in [0, 0.1) is 0 Å². The van der Waals surface area contributed by atoms with E-state index in [0.717, 1.165) is 50.7 Å². The van der Waals surface area contributed by atoms with Gasteiger partial charge in [-0.05, 0) is 76.6 Å². The van der Waals surface area contributed by atoms with Crippen LogP contribution in [0.25, 0.3) is 62.6 Å². The molecule has 2 aromatic heterocycles. The summed E-state index contributed by atoms with van der Waals surface area (Å²) in [6, 6.07) is 50.4. The number of thiophene rings is 2. The van der Waals surface area contributed by atoms with E-state index in [4.69, 9.17) is 9.47 Å². The maximum atomic E-state index is 6.94. The molecule has 0 fully saturated rings. The largest absolute Gasteiger partial charge is 0.458 e. The zero-order chi connectivity index (χ0) is 30.6. The molecule has 0 N–H and O–H groups in total. The summed E-state index contributed by atoms with van der Waals surface area (Å²) in [7, 11) is 0. The average Bonchev–Trinajstić information content (AvgIpc) is 3.69. The van der Waals surface area contributed by atoms with Crippen LogP contribution in [0.15, 0.2) is 140 Å². The van der Waals surface area contributed by atoms with Crippen molar-refractivity contribution in [3.8, 4) is 45.3 Å². The molecule has 4 heterocycles. The van der Waals surface area contributed by atoms with E-state index in [1.165, 1.54) is 51.3 Å². The molecule has 5 heteroatoms. The minimum absolute atomic E-state index is 0.00924. The lowest BCUT2D eigenvalue weighted by Gasteiger charge is -2.35. The number of rotatable bonds is 2. The summed E-state index contributed by atoms with van der Waals surface area (Å²) < 4.78 is 19.1.